The van der Waals surface area contributed by atoms with Crippen molar-refractivity contribution in [3.63, 3.8) is 0 Å². The first-order chi connectivity index (χ1) is 8.95. The fraction of sp³-hybridized carbons (Fsp3) is 0.824. The molecule has 0 heterocycles. The summed E-state index contributed by atoms with van der Waals surface area (Å²) in [5.41, 5.74) is 2.83. The predicted octanol–water partition coefficient (Wildman–Crippen LogP) is 3.49. The van der Waals surface area contributed by atoms with Crippen molar-refractivity contribution in [2.45, 2.75) is 65.4 Å². The number of Topliss-reactive ketones (excluding diaryl/α,β-unsaturated/α-hetero) is 1. The molecule has 0 saturated heterocycles. The molecule has 3 aliphatic carbocycles. The molecule has 3 aliphatic rings. The van der Waals surface area contributed by atoms with E-state index in [1.54, 1.807) is 0 Å². The van der Waals surface area contributed by atoms with Crippen LogP contribution in [-0.4, -0.2) is 17.0 Å². The van der Waals surface area contributed by atoms with Crippen LogP contribution in [0.4, 0.5) is 0 Å². The van der Waals surface area contributed by atoms with E-state index in [2.05, 4.69) is 6.92 Å². The van der Waals surface area contributed by atoms with Gasteiger partial charge in [-0.25, -0.2) is 0 Å². The van der Waals surface area contributed by atoms with Crippen molar-refractivity contribution in [1.82, 2.24) is 0 Å². The third kappa shape index (κ3) is 1.83. The summed E-state index contributed by atoms with van der Waals surface area (Å²) in [6, 6.07) is 0. The van der Waals surface area contributed by atoms with Crippen molar-refractivity contribution in [1.29, 1.82) is 0 Å². The van der Waals surface area contributed by atoms with Crippen LogP contribution in [0.2, 0.25) is 0 Å². The molecule has 0 aliphatic heterocycles. The number of aliphatic hydroxyl groups is 1. The zero-order chi connectivity index (χ0) is 13.8. The second-order valence-corrected chi connectivity index (χ2v) is 7.26. The Kier molecular flexibility index (Phi) is 3.12. The Hall–Kier alpha value is -0.630. The summed E-state index contributed by atoms with van der Waals surface area (Å²) in [7, 11) is 0. The lowest BCUT2D eigenvalue weighted by Gasteiger charge is -2.48. The monoisotopic (exact) mass is 262 g/mol. The third-order valence-corrected chi connectivity index (χ3v) is 6.51. The summed E-state index contributed by atoms with van der Waals surface area (Å²) in [4.78, 5) is 11.9. The molecule has 0 spiro atoms. The average molecular weight is 262 g/mol. The van der Waals surface area contributed by atoms with Crippen LogP contribution in [0.25, 0.3) is 0 Å². The lowest BCUT2D eigenvalue weighted by molar-refractivity contribution is -0.117. The zero-order valence-electron chi connectivity index (χ0n) is 12.4. The molecule has 0 amide bonds. The minimum Gasteiger partial charge on any atom is -0.393 e. The number of carbonyl (C=O) groups is 1. The number of rotatable bonds is 1. The van der Waals surface area contributed by atoms with Gasteiger partial charge in [-0.3, -0.25) is 4.79 Å². The molecule has 3 rings (SSSR count). The number of allylic oxidation sites excluding steroid dienone is 2. The summed E-state index contributed by atoms with van der Waals surface area (Å²) >= 11 is 0. The van der Waals surface area contributed by atoms with Gasteiger partial charge in [-0.2, -0.15) is 0 Å². The fourth-order valence-corrected chi connectivity index (χ4v) is 5.44. The van der Waals surface area contributed by atoms with Crippen molar-refractivity contribution < 1.29 is 9.90 Å². The molecule has 1 unspecified atom stereocenters. The number of carbonyl (C=O) groups excluding carboxylic acids is 1. The molecule has 2 saturated carbocycles. The highest BCUT2D eigenvalue weighted by Crippen LogP contribution is 2.61. The topological polar surface area (TPSA) is 37.3 Å². The SMILES string of the molecule is CC1=C2CC[C@]3(C)[C@@H](C(C)O)CC[C@H]3[C@@H]2CCC1=O. The van der Waals surface area contributed by atoms with Crippen LogP contribution in [-0.2, 0) is 4.79 Å². The summed E-state index contributed by atoms with van der Waals surface area (Å²) < 4.78 is 0. The molecule has 0 aromatic carbocycles. The van der Waals surface area contributed by atoms with Crippen LogP contribution < -0.4 is 0 Å². The van der Waals surface area contributed by atoms with E-state index in [1.807, 2.05) is 13.8 Å². The highest BCUT2D eigenvalue weighted by molar-refractivity contribution is 5.96. The number of fused-ring (bicyclic) bond motifs is 3. The maximum absolute atomic E-state index is 11.9. The second-order valence-electron chi connectivity index (χ2n) is 7.26. The van der Waals surface area contributed by atoms with Gasteiger partial charge in [-0.15, -0.1) is 0 Å². The number of hydrogen-bond acceptors (Lipinski definition) is 2. The van der Waals surface area contributed by atoms with E-state index in [-0.39, 0.29) is 6.10 Å². The van der Waals surface area contributed by atoms with Gasteiger partial charge in [0.1, 0.15) is 0 Å². The van der Waals surface area contributed by atoms with Crippen LogP contribution in [0.1, 0.15) is 59.3 Å². The fourth-order valence-electron chi connectivity index (χ4n) is 5.44. The molecule has 0 radical (unpaired) electrons. The number of hydrogen-bond donors (Lipinski definition) is 1. The Morgan fingerprint density at radius 2 is 2.00 bits per heavy atom. The van der Waals surface area contributed by atoms with Crippen molar-refractivity contribution in [3.8, 4) is 0 Å². The van der Waals surface area contributed by atoms with E-state index in [1.165, 1.54) is 12.0 Å². The van der Waals surface area contributed by atoms with E-state index in [9.17, 15) is 9.90 Å². The lowest BCUT2D eigenvalue weighted by atomic mass is 9.56. The van der Waals surface area contributed by atoms with Crippen LogP contribution in [0.15, 0.2) is 11.1 Å². The summed E-state index contributed by atoms with van der Waals surface area (Å²) in [6.07, 6.45) is 6.25. The minimum absolute atomic E-state index is 0.188. The van der Waals surface area contributed by atoms with Crippen LogP contribution >= 0.6 is 0 Å². The Morgan fingerprint density at radius 3 is 2.68 bits per heavy atom. The summed E-state index contributed by atoms with van der Waals surface area (Å²) in [5, 5.41) is 10.1. The highest BCUT2D eigenvalue weighted by Gasteiger charge is 2.54. The quantitative estimate of drug-likeness (QED) is 0.785. The number of aliphatic hydroxyl groups excluding tert-OH is 1. The lowest BCUT2D eigenvalue weighted by Crippen LogP contribution is -2.42. The van der Waals surface area contributed by atoms with Crippen molar-refractivity contribution in [2.75, 3.05) is 0 Å². The Bertz CT molecular complexity index is 435. The first-order valence-corrected chi connectivity index (χ1v) is 7.86. The molecule has 0 aromatic rings. The van der Waals surface area contributed by atoms with Gasteiger partial charge in [0.25, 0.3) is 0 Å². The average Bonchev–Trinajstić information content (AvgIpc) is 2.71. The molecular weight excluding hydrogens is 236 g/mol. The van der Waals surface area contributed by atoms with Crippen LogP contribution in [0.5, 0.6) is 0 Å². The molecule has 5 atom stereocenters. The highest BCUT2D eigenvalue weighted by atomic mass is 16.3. The summed E-state index contributed by atoms with van der Waals surface area (Å²) in [5.74, 6) is 2.15. The third-order valence-electron chi connectivity index (χ3n) is 6.51. The zero-order valence-corrected chi connectivity index (χ0v) is 12.4. The van der Waals surface area contributed by atoms with Gasteiger partial charge in [0, 0.05) is 6.42 Å². The normalized spacial score (nSPS) is 44.0. The van der Waals surface area contributed by atoms with Gasteiger partial charge >= 0.3 is 0 Å². The second kappa shape index (κ2) is 4.44. The molecule has 2 heteroatoms. The van der Waals surface area contributed by atoms with E-state index >= 15 is 0 Å². The molecule has 2 fully saturated rings. The summed E-state index contributed by atoms with van der Waals surface area (Å²) in [6.45, 7) is 6.39. The minimum atomic E-state index is -0.188. The predicted molar refractivity (Wildman–Crippen MR) is 75.7 cm³/mol. The van der Waals surface area contributed by atoms with Gasteiger partial charge in [0.2, 0.25) is 0 Å². The van der Waals surface area contributed by atoms with E-state index in [0.717, 1.165) is 37.7 Å². The number of ketones is 1. The molecule has 1 N–H and O–H groups in total. The Morgan fingerprint density at radius 1 is 1.26 bits per heavy atom. The standard InChI is InChI=1S/C17H26O2/c1-10-12-8-9-17(3)14(11(2)18)5-6-15(17)13(12)4-7-16(10)19/h11,13-15,18H,4-9H2,1-3H3/t11?,13-,14-,15+,17-/m1/s1. The maximum Gasteiger partial charge on any atom is 0.158 e. The molecule has 106 valence electrons. The molecule has 19 heavy (non-hydrogen) atoms. The molecular formula is C17H26O2. The molecule has 0 bridgehead atoms. The van der Waals surface area contributed by atoms with E-state index < -0.39 is 0 Å². The van der Waals surface area contributed by atoms with Crippen LogP contribution in [0.3, 0.4) is 0 Å². The van der Waals surface area contributed by atoms with Crippen LogP contribution in [0, 0.1) is 23.2 Å². The molecule has 0 aromatic heterocycles. The van der Waals surface area contributed by atoms with Gasteiger partial charge in [0.05, 0.1) is 6.10 Å². The van der Waals surface area contributed by atoms with Crippen molar-refractivity contribution >= 4 is 5.78 Å². The Balaban J connectivity index is 1.95. The largest absolute Gasteiger partial charge is 0.393 e. The smallest absolute Gasteiger partial charge is 0.158 e. The van der Waals surface area contributed by atoms with Crippen molar-refractivity contribution in [3.05, 3.63) is 11.1 Å². The van der Waals surface area contributed by atoms with Crippen molar-refractivity contribution in [2.24, 2.45) is 23.2 Å². The van der Waals surface area contributed by atoms with Gasteiger partial charge in [-0.05, 0) is 74.7 Å². The van der Waals surface area contributed by atoms with Gasteiger partial charge in [0.15, 0.2) is 5.78 Å². The Labute approximate surface area is 116 Å². The van der Waals surface area contributed by atoms with Gasteiger partial charge in [-0.1, -0.05) is 12.5 Å². The first-order valence-electron chi connectivity index (χ1n) is 7.86. The van der Waals surface area contributed by atoms with E-state index in [0.29, 0.717) is 29.0 Å². The van der Waals surface area contributed by atoms with Gasteiger partial charge < -0.3 is 5.11 Å². The van der Waals surface area contributed by atoms with E-state index in [4.69, 9.17) is 0 Å². The maximum atomic E-state index is 11.9. The first kappa shape index (κ1) is 13.4. The molecule has 2 nitrogen and oxygen atoms in total.